The van der Waals surface area contributed by atoms with Crippen molar-refractivity contribution in [1.82, 2.24) is 0 Å². The molecule has 0 aliphatic heterocycles. The van der Waals surface area contributed by atoms with E-state index in [1.165, 1.54) is 0 Å². The molecule has 0 radical (unpaired) electrons. The zero-order chi connectivity index (χ0) is 16.9. The topological polar surface area (TPSA) is 9.23 Å². The Morgan fingerprint density at radius 1 is 0.870 bits per heavy atom. The molecule has 2 aromatic carbocycles. The van der Waals surface area contributed by atoms with Crippen LogP contribution in [0.4, 0.5) is 0 Å². The molecule has 0 aliphatic rings. The molecular formula is C21H26OSi. The molecule has 0 aromatic heterocycles. The van der Waals surface area contributed by atoms with Gasteiger partial charge in [-0.25, -0.2) is 0 Å². The van der Waals surface area contributed by atoms with Crippen LogP contribution in [0.3, 0.4) is 0 Å². The number of hydrogen-bond acceptors (Lipinski definition) is 1. The summed E-state index contributed by atoms with van der Waals surface area (Å²) in [5, 5.41) is 0. The lowest BCUT2D eigenvalue weighted by Gasteiger charge is -2.37. The summed E-state index contributed by atoms with van der Waals surface area (Å²) in [4.78, 5) is 0. The lowest BCUT2D eigenvalue weighted by atomic mass is 9.86. The molecule has 0 fully saturated rings. The molecule has 0 bridgehead atoms. The molecular weight excluding hydrogens is 296 g/mol. The maximum absolute atomic E-state index is 6.76. The van der Waals surface area contributed by atoms with E-state index in [2.05, 4.69) is 93.8 Å². The van der Waals surface area contributed by atoms with E-state index >= 15 is 0 Å². The van der Waals surface area contributed by atoms with Gasteiger partial charge in [0.2, 0.25) is 0 Å². The molecule has 2 heteroatoms. The van der Waals surface area contributed by atoms with Crippen molar-refractivity contribution in [2.45, 2.75) is 39.1 Å². The average molecular weight is 323 g/mol. The molecule has 23 heavy (non-hydrogen) atoms. The van der Waals surface area contributed by atoms with Gasteiger partial charge in [0.15, 0.2) is 8.32 Å². The molecule has 0 aliphatic carbocycles. The molecule has 0 heterocycles. The summed E-state index contributed by atoms with van der Waals surface area (Å²) in [5.41, 5.74) is 6.22. The summed E-state index contributed by atoms with van der Waals surface area (Å²) in [6.07, 6.45) is 2.09. The van der Waals surface area contributed by atoms with E-state index in [0.29, 0.717) is 0 Å². The summed E-state index contributed by atoms with van der Waals surface area (Å²) >= 11 is 0. The first-order valence-corrected chi connectivity index (χ1v) is 11.5. The van der Waals surface area contributed by atoms with Gasteiger partial charge in [-0.05, 0) is 56.3 Å². The van der Waals surface area contributed by atoms with Crippen LogP contribution < -0.4 is 0 Å². The van der Waals surface area contributed by atoms with Gasteiger partial charge in [0.25, 0.3) is 0 Å². The van der Waals surface area contributed by atoms with Crippen molar-refractivity contribution in [1.29, 1.82) is 0 Å². The molecule has 0 amide bonds. The van der Waals surface area contributed by atoms with E-state index in [-0.39, 0.29) is 0 Å². The van der Waals surface area contributed by atoms with Crippen LogP contribution in [0.5, 0.6) is 0 Å². The smallest absolute Gasteiger partial charge is 0.185 e. The Hall–Kier alpha value is -1.86. The molecule has 0 N–H and O–H groups in total. The van der Waals surface area contributed by atoms with Crippen molar-refractivity contribution in [2.75, 3.05) is 0 Å². The van der Waals surface area contributed by atoms with Crippen molar-refractivity contribution in [3.8, 4) is 0 Å². The van der Waals surface area contributed by atoms with Crippen molar-refractivity contribution >= 4 is 8.32 Å². The number of rotatable bonds is 5. The number of hydrogen-bond donors (Lipinski definition) is 0. The monoisotopic (exact) mass is 322 g/mol. The highest BCUT2D eigenvalue weighted by atomic mass is 28.4. The lowest BCUT2D eigenvalue weighted by Crippen LogP contribution is -2.40. The Morgan fingerprint density at radius 2 is 1.30 bits per heavy atom. The Bertz CT molecular complexity index is 646. The third-order valence-corrected chi connectivity index (χ3v) is 4.37. The minimum atomic E-state index is -1.81. The maximum Gasteiger partial charge on any atom is 0.185 e. The summed E-state index contributed by atoms with van der Waals surface area (Å²) in [5.74, 6) is 0. The standard InChI is InChI=1S/C21H26OSi/c1-18(2)16-17-21(22-23(3,4)5,19-12-8-6-9-13-19)20-14-10-7-11-15-20/h6-15,17H,1-5H3. The van der Waals surface area contributed by atoms with Crippen LogP contribution >= 0.6 is 0 Å². The Morgan fingerprint density at radius 3 is 1.65 bits per heavy atom. The van der Waals surface area contributed by atoms with Crippen LogP contribution in [0.1, 0.15) is 25.0 Å². The minimum absolute atomic E-state index is 0.593. The first kappa shape index (κ1) is 17.5. The fraction of sp³-hybridized carbons (Fsp3) is 0.286. The van der Waals surface area contributed by atoms with Gasteiger partial charge in [0, 0.05) is 0 Å². The van der Waals surface area contributed by atoms with Crippen molar-refractivity contribution in [3.63, 3.8) is 0 Å². The van der Waals surface area contributed by atoms with Crippen LogP contribution in [0.2, 0.25) is 19.6 Å². The van der Waals surface area contributed by atoms with Crippen molar-refractivity contribution < 1.29 is 4.43 Å². The first-order valence-electron chi connectivity index (χ1n) is 8.06. The second-order valence-electron chi connectivity index (χ2n) is 6.97. The van der Waals surface area contributed by atoms with E-state index in [4.69, 9.17) is 4.43 Å². The molecule has 0 spiro atoms. The zero-order valence-corrected chi connectivity index (χ0v) is 15.8. The SMILES string of the molecule is CC(C)=C=CC(O[Si](C)(C)C)(c1ccccc1)c1ccccc1. The summed E-state index contributed by atoms with van der Waals surface area (Å²) in [6, 6.07) is 20.9. The third-order valence-electron chi connectivity index (χ3n) is 3.44. The Kier molecular flexibility index (Phi) is 5.43. The highest BCUT2D eigenvalue weighted by Crippen LogP contribution is 2.37. The van der Waals surface area contributed by atoms with E-state index in [9.17, 15) is 0 Å². The van der Waals surface area contributed by atoms with E-state index in [0.717, 1.165) is 16.7 Å². The van der Waals surface area contributed by atoms with Gasteiger partial charge in [-0.3, -0.25) is 0 Å². The number of benzene rings is 2. The predicted octanol–water partition coefficient (Wildman–Crippen LogP) is 5.90. The summed E-state index contributed by atoms with van der Waals surface area (Å²) < 4.78 is 6.76. The predicted molar refractivity (Wildman–Crippen MR) is 101 cm³/mol. The van der Waals surface area contributed by atoms with Gasteiger partial charge in [-0.2, -0.15) is 0 Å². The molecule has 0 saturated carbocycles. The van der Waals surface area contributed by atoms with Crippen molar-refractivity contribution in [2.24, 2.45) is 0 Å². The van der Waals surface area contributed by atoms with Gasteiger partial charge in [-0.15, -0.1) is 5.73 Å². The van der Waals surface area contributed by atoms with E-state index in [1.807, 2.05) is 12.1 Å². The van der Waals surface area contributed by atoms with Gasteiger partial charge >= 0.3 is 0 Å². The second kappa shape index (κ2) is 7.14. The van der Waals surface area contributed by atoms with E-state index < -0.39 is 13.9 Å². The zero-order valence-electron chi connectivity index (χ0n) is 14.8. The van der Waals surface area contributed by atoms with Gasteiger partial charge in [0.1, 0.15) is 5.60 Å². The molecule has 120 valence electrons. The van der Waals surface area contributed by atoms with Crippen LogP contribution in [0, 0.1) is 0 Å². The fourth-order valence-corrected chi connectivity index (χ4v) is 3.84. The van der Waals surface area contributed by atoms with Gasteiger partial charge < -0.3 is 4.43 Å². The van der Waals surface area contributed by atoms with Gasteiger partial charge in [0.05, 0.1) is 0 Å². The average Bonchev–Trinajstić information content (AvgIpc) is 2.52. The Labute approximate surface area is 141 Å². The maximum atomic E-state index is 6.76. The van der Waals surface area contributed by atoms with E-state index in [1.54, 1.807) is 0 Å². The molecule has 2 rings (SSSR count). The lowest BCUT2D eigenvalue weighted by molar-refractivity contribution is 0.156. The molecule has 0 unspecified atom stereocenters. The van der Waals surface area contributed by atoms with Crippen molar-refractivity contribution in [3.05, 3.63) is 89.2 Å². The quantitative estimate of drug-likeness (QED) is 0.491. The minimum Gasteiger partial charge on any atom is -0.400 e. The highest BCUT2D eigenvalue weighted by molar-refractivity contribution is 6.69. The van der Waals surface area contributed by atoms with Gasteiger partial charge in [-0.1, -0.05) is 60.7 Å². The largest absolute Gasteiger partial charge is 0.400 e. The van der Waals surface area contributed by atoms with Crippen LogP contribution in [0.25, 0.3) is 0 Å². The molecule has 0 atom stereocenters. The summed E-state index contributed by atoms with van der Waals surface area (Å²) in [6.45, 7) is 10.8. The highest BCUT2D eigenvalue weighted by Gasteiger charge is 2.37. The molecule has 0 saturated heterocycles. The van der Waals surface area contributed by atoms with Crippen LogP contribution in [-0.2, 0) is 10.0 Å². The fourth-order valence-electron chi connectivity index (χ4n) is 2.58. The third kappa shape index (κ3) is 4.55. The molecule has 1 nitrogen and oxygen atoms in total. The normalized spacial score (nSPS) is 11.7. The Balaban J connectivity index is 2.76. The van der Waals surface area contributed by atoms with Crippen LogP contribution in [-0.4, -0.2) is 8.32 Å². The molecule has 2 aromatic rings. The van der Waals surface area contributed by atoms with Crippen LogP contribution in [0.15, 0.2) is 78.0 Å². The first-order chi connectivity index (χ1) is 10.8. The summed E-state index contributed by atoms with van der Waals surface area (Å²) in [7, 11) is -1.81. The second-order valence-corrected chi connectivity index (χ2v) is 11.4.